The van der Waals surface area contributed by atoms with Gasteiger partial charge in [0.2, 0.25) is 0 Å². The second-order valence-electron chi connectivity index (χ2n) is 4.75. The Balaban J connectivity index is 0.00000242. The molecule has 122 valence electrons. The van der Waals surface area contributed by atoms with Crippen LogP contribution in [0.2, 0.25) is 0 Å². The highest BCUT2D eigenvalue weighted by Gasteiger charge is 2.01. The number of hydrogen-bond acceptors (Lipinski definition) is 4. The van der Waals surface area contributed by atoms with Crippen LogP contribution in [0.3, 0.4) is 0 Å². The summed E-state index contributed by atoms with van der Waals surface area (Å²) in [6.07, 6.45) is 2.86. The topological polar surface area (TPSA) is 49.3 Å². The van der Waals surface area contributed by atoms with Crippen molar-refractivity contribution in [3.63, 3.8) is 0 Å². The van der Waals surface area contributed by atoms with E-state index >= 15 is 0 Å². The van der Waals surface area contributed by atoms with E-state index in [1.54, 1.807) is 22.7 Å². The lowest BCUT2D eigenvalue weighted by atomic mass is 10.4. The van der Waals surface area contributed by atoms with E-state index in [1.807, 2.05) is 6.20 Å². The minimum Gasteiger partial charge on any atom is -0.357 e. The van der Waals surface area contributed by atoms with Gasteiger partial charge in [0.1, 0.15) is 0 Å². The third-order valence-corrected chi connectivity index (χ3v) is 4.79. The Kier molecular flexibility index (Phi) is 8.96. The van der Waals surface area contributed by atoms with Crippen LogP contribution in [-0.2, 0) is 13.0 Å². The maximum absolute atomic E-state index is 4.62. The molecule has 0 saturated heterocycles. The zero-order valence-corrected chi connectivity index (χ0v) is 17.1. The first-order valence-electron chi connectivity index (χ1n) is 7.16. The van der Waals surface area contributed by atoms with Crippen molar-refractivity contribution in [1.82, 2.24) is 15.6 Å². The third-order valence-electron chi connectivity index (χ3n) is 2.83. The van der Waals surface area contributed by atoms with Crippen LogP contribution in [0.1, 0.15) is 26.6 Å². The number of halogens is 1. The van der Waals surface area contributed by atoms with E-state index in [-0.39, 0.29) is 24.0 Å². The lowest BCUT2D eigenvalue weighted by Gasteiger charge is -2.10. The summed E-state index contributed by atoms with van der Waals surface area (Å²) >= 11 is 3.56. The molecule has 2 aromatic rings. The van der Waals surface area contributed by atoms with Crippen molar-refractivity contribution in [1.29, 1.82) is 0 Å². The smallest absolute Gasteiger partial charge is 0.191 e. The highest BCUT2D eigenvalue weighted by atomic mass is 127. The van der Waals surface area contributed by atoms with Crippen molar-refractivity contribution in [3.8, 4) is 0 Å². The molecule has 2 N–H and O–H groups in total. The van der Waals surface area contributed by atoms with Crippen molar-refractivity contribution >= 4 is 52.6 Å². The van der Waals surface area contributed by atoms with Gasteiger partial charge in [-0.15, -0.1) is 46.7 Å². The molecule has 0 spiro atoms. The molecule has 0 fully saturated rings. The first-order chi connectivity index (χ1) is 10.2. The number of thiazole rings is 1. The number of rotatable bonds is 6. The monoisotopic (exact) mass is 450 g/mol. The van der Waals surface area contributed by atoms with Gasteiger partial charge in [0.05, 0.1) is 11.6 Å². The van der Waals surface area contributed by atoms with Gasteiger partial charge in [0.25, 0.3) is 0 Å². The Morgan fingerprint density at radius 3 is 2.59 bits per heavy atom. The summed E-state index contributed by atoms with van der Waals surface area (Å²) in [5.74, 6) is 0.872. The number of nitrogens with one attached hydrogen (secondary N) is 2. The normalized spacial score (nSPS) is 11.1. The Morgan fingerprint density at radius 2 is 2.00 bits per heavy atom. The standard InChI is InChI=1S/C15H22N4S2.HI/c1-4-16-15(19-10-13-6-5-11(2)20-13)17-8-7-14-18-9-12(3)21-14;/h5-6,9H,4,7-8,10H2,1-3H3,(H2,16,17,19);1H. The Hall–Kier alpha value is -0.670. The Bertz CT molecular complexity index is 592. The molecule has 2 aromatic heterocycles. The number of aryl methyl sites for hydroxylation is 2. The SMILES string of the molecule is CCNC(=NCc1ccc(C)s1)NCCc1ncc(C)s1.I. The zero-order valence-electron chi connectivity index (χ0n) is 13.2. The number of aromatic nitrogens is 1. The molecule has 0 saturated carbocycles. The molecule has 0 unspecified atom stereocenters. The fraction of sp³-hybridized carbons (Fsp3) is 0.467. The molecule has 0 aliphatic rings. The van der Waals surface area contributed by atoms with E-state index in [0.717, 1.165) is 32.0 Å². The van der Waals surface area contributed by atoms with Gasteiger partial charge < -0.3 is 10.6 Å². The molecule has 4 nitrogen and oxygen atoms in total. The van der Waals surface area contributed by atoms with Gasteiger partial charge in [-0.2, -0.15) is 0 Å². The molecule has 0 amide bonds. The van der Waals surface area contributed by atoms with Crippen LogP contribution in [0.4, 0.5) is 0 Å². The lowest BCUT2D eigenvalue weighted by Crippen LogP contribution is -2.38. The highest BCUT2D eigenvalue weighted by molar-refractivity contribution is 14.0. The fourth-order valence-corrected chi connectivity index (χ4v) is 3.48. The minimum absolute atomic E-state index is 0. The number of guanidine groups is 1. The molecular formula is C15H23IN4S2. The molecule has 2 heterocycles. The number of thiophene rings is 1. The summed E-state index contributed by atoms with van der Waals surface area (Å²) in [6, 6.07) is 4.28. The van der Waals surface area contributed by atoms with Crippen LogP contribution in [-0.4, -0.2) is 24.0 Å². The van der Waals surface area contributed by atoms with Gasteiger partial charge >= 0.3 is 0 Å². The Labute approximate surface area is 157 Å². The molecular weight excluding hydrogens is 427 g/mol. The van der Waals surface area contributed by atoms with Crippen LogP contribution >= 0.6 is 46.7 Å². The molecule has 0 aliphatic heterocycles. The van der Waals surface area contributed by atoms with Gasteiger partial charge in [-0.05, 0) is 32.9 Å². The number of hydrogen-bond donors (Lipinski definition) is 2. The van der Waals surface area contributed by atoms with Gasteiger partial charge in [-0.25, -0.2) is 9.98 Å². The van der Waals surface area contributed by atoms with Gasteiger partial charge in [0.15, 0.2) is 5.96 Å². The summed E-state index contributed by atoms with van der Waals surface area (Å²) in [4.78, 5) is 12.9. The molecule has 0 aromatic carbocycles. The van der Waals surface area contributed by atoms with Crippen LogP contribution in [0.25, 0.3) is 0 Å². The van der Waals surface area contributed by atoms with E-state index in [2.05, 4.69) is 53.5 Å². The van der Waals surface area contributed by atoms with Crippen LogP contribution in [0.5, 0.6) is 0 Å². The average molecular weight is 450 g/mol. The molecule has 22 heavy (non-hydrogen) atoms. The third kappa shape index (κ3) is 6.62. The molecule has 2 rings (SSSR count). The summed E-state index contributed by atoms with van der Waals surface area (Å²) in [7, 11) is 0. The minimum atomic E-state index is 0. The fourth-order valence-electron chi connectivity index (χ4n) is 1.87. The van der Waals surface area contributed by atoms with Gasteiger partial charge in [-0.1, -0.05) is 0 Å². The van der Waals surface area contributed by atoms with Crippen LogP contribution in [0, 0.1) is 13.8 Å². The van der Waals surface area contributed by atoms with Crippen molar-refractivity contribution in [2.24, 2.45) is 4.99 Å². The largest absolute Gasteiger partial charge is 0.357 e. The van der Waals surface area contributed by atoms with Gasteiger partial charge in [-0.3, -0.25) is 0 Å². The van der Waals surface area contributed by atoms with E-state index < -0.39 is 0 Å². The average Bonchev–Trinajstić information content (AvgIpc) is 3.05. The predicted octanol–water partition coefficient (Wildman–Crippen LogP) is 3.74. The predicted molar refractivity (Wildman–Crippen MR) is 108 cm³/mol. The summed E-state index contributed by atoms with van der Waals surface area (Å²) in [5, 5.41) is 7.81. The number of aliphatic imine (C=N–C) groups is 1. The summed E-state index contributed by atoms with van der Waals surface area (Å²) < 4.78 is 0. The summed E-state index contributed by atoms with van der Waals surface area (Å²) in [5.41, 5.74) is 0. The molecule has 0 aliphatic carbocycles. The van der Waals surface area contributed by atoms with Crippen molar-refractivity contribution < 1.29 is 0 Å². The van der Waals surface area contributed by atoms with Crippen LogP contribution in [0.15, 0.2) is 23.3 Å². The summed E-state index contributed by atoms with van der Waals surface area (Å²) in [6.45, 7) is 8.73. The van der Waals surface area contributed by atoms with Crippen LogP contribution < -0.4 is 10.6 Å². The van der Waals surface area contributed by atoms with Gasteiger partial charge in [0, 0.05) is 40.3 Å². The first kappa shape index (κ1) is 19.4. The maximum atomic E-state index is 4.62. The molecule has 0 radical (unpaired) electrons. The zero-order chi connectivity index (χ0) is 15.1. The van der Waals surface area contributed by atoms with Crippen molar-refractivity contribution in [2.75, 3.05) is 13.1 Å². The second kappa shape index (κ2) is 10.2. The lowest BCUT2D eigenvalue weighted by molar-refractivity contribution is 0.797. The quantitative estimate of drug-likeness (QED) is 0.401. The molecule has 0 bridgehead atoms. The Morgan fingerprint density at radius 1 is 1.18 bits per heavy atom. The van der Waals surface area contributed by atoms with E-state index in [9.17, 15) is 0 Å². The van der Waals surface area contributed by atoms with Crippen molar-refractivity contribution in [3.05, 3.63) is 38.0 Å². The second-order valence-corrected chi connectivity index (χ2v) is 7.44. The van der Waals surface area contributed by atoms with E-state index in [0.29, 0.717) is 0 Å². The highest BCUT2D eigenvalue weighted by Crippen LogP contribution is 2.15. The molecule has 7 heteroatoms. The maximum Gasteiger partial charge on any atom is 0.191 e. The first-order valence-corrected chi connectivity index (χ1v) is 8.79. The number of nitrogens with zero attached hydrogens (tertiary/aromatic N) is 2. The van der Waals surface area contributed by atoms with E-state index in [1.165, 1.54) is 19.6 Å². The molecule has 0 atom stereocenters. The van der Waals surface area contributed by atoms with Crippen molar-refractivity contribution in [2.45, 2.75) is 33.7 Å². The van der Waals surface area contributed by atoms with E-state index in [4.69, 9.17) is 0 Å².